The Hall–Kier alpha value is -2.34. The van der Waals surface area contributed by atoms with Crippen molar-refractivity contribution in [3.05, 3.63) is 107 Å². The van der Waals surface area contributed by atoms with Crippen molar-refractivity contribution in [2.24, 2.45) is 5.92 Å². The lowest BCUT2D eigenvalue weighted by molar-refractivity contribution is 0.752. The molecule has 4 aliphatic carbocycles. The van der Waals surface area contributed by atoms with Crippen LogP contribution in [0.5, 0.6) is 0 Å². The first-order valence-electron chi connectivity index (χ1n) is 7.17. The molecular weight excluding hydrogens is 240 g/mol. The van der Waals surface area contributed by atoms with Crippen molar-refractivity contribution in [2.45, 2.75) is 6.42 Å². The first kappa shape index (κ1) is 11.5. The van der Waals surface area contributed by atoms with Crippen LogP contribution in [-0.2, 0) is 0 Å². The van der Waals surface area contributed by atoms with Crippen molar-refractivity contribution in [1.82, 2.24) is 0 Å². The Morgan fingerprint density at radius 1 is 0.700 bits per heavy atom. The Morgan fingerprint density at radius 3 is 2.35 bits per heavy atom. The average molecular weight is 256 g/mol. The van der Waals surface area contributed by atoms with E-state index in [0.29, 0.717) is 5.92 Å². The molecule has 0 spiro atoms. The van der Waals surface area contributed by atoms with Gasteiger partial charge in [-0.15, -0.1) is 0 Å². The summed E-state index contributed by atoms with van der Waals surface area (Å²) in [7, 11) is 0. The molecule has 1 unspecified atom stereocenters. The molecule has 0 heteroatoms. The van der Waals surface area contributed by atoms with Crippen molar-refractivity contribution in [1.29, 1.82) is 0 Å². The highest BCUT2D eigenvalue weighted by Gasteiger charge is 2.32. The van der Waals surface area contributed by atoms with E-state index in [1.807, 2.05) is 0 Å². The highest BCUT2D eigenvalue weighted by Crippen LogP contribution is 2.47. The van der Waals surface area contributed by atoms with Crippen LogP contribution in [-0.4, -0.2) is 0 Å². The number of rotatable bonds is 0. The van der Waals surface area contributed by atoms with Crippen LogP contribution in [0.1, 0.15) is 6.42 Å². The van der Waals surface area contributed by atoms with Gasteiger partial charge in [0.05, 0.1) is 0 Å². The zero-order chi connectivity index (χ0) is 13.4. The van der Waals surface area contributed by atoms with E-state index < -0.39 is 0 Å². The SMILES string of the molecule is C1=CC2=C(/C=C\C=C/1)C1=C3C(=C/C=C\C=C/1)\C=CCC23. The molecule has 0 aromatic heterocycles. The largest absolute Gasteiger partial charge is 0.0830 e. The molecule has 4 aliphatic rings. The van der Waals surface area contributed by atoms with Gasteiger partial charge in [0.15, 0.2) is 0 Å². The Bertz CT molecular complexity index is 722. The molecule has 0 aliphatic heterocycles. The summed E-state index contributed by atoms with van der Waals surface area (Å²) in [6, 6.07) is 0. The van der Waals surface area contributed by atoms with Gasteiger partial charge in [-0.05, 0) is 34.3 Å². The topological polar surface area (TPSA) is 0 Å². The van der Waals surface area contributed by atoms with E-state index in [1.54, 1.807) is 0 Å². The maximum atomic E-state index is 2.30. The minimum atomic E-state index is 0.514. The number of fused-ring (bicyclic) bond motifs is 2. The predicted octanol–water partition coefficient (Wildman–Crippen LogP) is 4.90. The van der Waals surface area contributed by atoms with E-state index in [-0.39, 0.29) is 0 Å². The van der Waals surface area contributed by atoms with Gasteiger partial charge in [-0.2, -0.15) is 0 Å². The molecule has 0 nitrogen and oxygen atoms in total. The minimum absolute atomic E-state index is 0.514. The monoisotopic (exact) mass is 256 g/mol. The second kappa shape index (κ2) is 4.64. The van der Waals surface area contributed by atoms with Gasteiger partial charge in [0.25, 0.3) is 0 Å². The molecule has 0 aromatic carbocycles. The maximum absolute atomic E-state index is 2.30. The second-order valence-electron chi connectivity index (χ2n) is 5.36. The van der Waals surface area contributed by atoms with E-state index in [9.17, 15) is 0 Å². The lowest BCUT2D eigenvalue weighted by Crippen LogP contribution is -2.08. The third-order valence-electron chi connectivity index (χ3n) is 4.23. The summed E-state index contributed by atoms with van der Waals surface area (Å²) in [5.74, 6) is 0.514. The van der Waals surface area contributed by atoms with Crippen molar-refractivity contribution < 1.29 is 0 Å². The van der Waals surface area contributed by atoms with E-state index in [4.69, 9.17) is 0 Å². The van der Waals surface area contributed by atoms with Gasteiger partial charge in [-0.25, -0.2) is 0 Å². The molecule has 0 bridgehead atoms. The number of allylic oxidation sites excluding steroid dienone is 18. The molecule has 0 saturated heterocycles. The smallest absolute Gasteiger partial charge is 0.0142 e. The summed E-state index contributed by atoms with van der Waals surface area (Å²) >= 11 is 0. The van der Waals surface area contributed by atoms with Crippen molar-refractivity contribution >= 4 is 0 Å². The van der Waals surface area contributed by atoms with Crippen LogP contribution in [0, 0.1) is 5.92 Å². The molecule has 0 N–H and O–H groups in total. The maximum Gasteiger partial charge on any atom is 0.0142 e. The molecule has 96 valence electrons. The van der Waals surface area contributed by atoms with Crippen LogP contribution in [0.3, 0.4) is 0 Å². The van der Waals surface area contributed by atoms with Crippen LogP contribution in [0.15, 0.2) is 107 Å². The minimum Gasteiger partial charge on any atom is -0.0830 e. The fraction of sp³-hybridized carbons (Fsp3) is 0.100. The highest BCUT2D eigenvalue weighted by molar-refractivity contribution is 5.70. The van der Waals surface area contributed by atoms with Gasteiger partial charge >= 0.3 is 0 Å². The quantitative estimate of drug-likeness (QED) is 0.578. The Kier molecular flexibility index (Phi) is 2.67. The first-order valence-corrected chi connectivity index (χ1v) is 7.17. The lowest BCUT2D eigenvalue weighted by atomic mass is 9.82. The lowest BCUT2D eigenvalue weighted by Gasteiger charge is -2.22. The van der Waals surface area contributed by atoms with E-state index in [2.05, 4.69) is 79.0 Å². The standard InChI is InChI=1S/C20H16/c1-2-6-12-17-16(11-5-1)18-13-7-3-4-9-15-10-8-14-19(17)20(15)18/h1-13,19H,14H2/b2-1-,4-3-,5-1?,6-2?,7-3?,9-4?,11-5-,12-6?,13-7-,15-9-,16-11?,17-12?,18-13?. The van der Waals surface area contributed by atoms with Gasteiger partial charge in [-0.3, -0.25) is 0 Å². The van der Waals surface area contributed by atoms with Crippen LogP contribution < -0.4 is 0 Å². The summed E-state index contributed by atoms with van der Waals surface area (Å²) < 4.78 is 0. The van der Waals surface area contributed by atoms with Gasteiger partial charge in [0.2, 0.25) is 0 Å². The molecule has 1 atom stereocenters. The van der Waals surface area contributed by atoms with Crippen LogP contribution in [0.25, 0.3) is 0 Å². The zero-order valence-electron chi connectivity index (χ0n) is 11.3. The van der Waals surface area contributed by atoms with E-state index >= 15 is 0 Å². The Balaban J connectivity index is 1.96. The summed E-state index contributed by atoms with van der Waals surface area (Å²) in [5.41, 5.74) is 7.08. The van der Waals surface area contributed by atoms with Gasteiger partial charge < -0.3 is 0 Å². The Morgan fingerprint density at radius 2 is 1.45 bits per heavy atom. The molecule has 0 radical (unpaired) electrons. The van der Waals surface area contributed by atoms with Crippen LogP contribution in [0.2, 0.25) is 0 Å². The van der Waals surface area contributed by atoms with E-state index in [0.717, 1.165) is 6.42 Å². The summed E-state index contributed by atoms with van der Waals surface area (Å²) in [5, 5.41) is 0. The van der Waals surface area contributed by atoms with Crippen molar-refractivity contribution in [3.63, 3.8) is 0 Å². The van der Waals surface area contributed by atoms with Crippen LogP contribution in [0.4, 0.5) is 0 Å². The van der Waals surface area contributed by atoms with Gasteiger partial charge in [0.1, 0.15) is 0 Å². The zero-order valence-corrected chi connectivity index (χ0v) is 11.3. The third kappa shape index (κ3) is 1.69. The molecular formula is C20H16. The molecule has 0 saturated carbocycles. The first-order chi connectivity index (χ1) is 9.95. The molecule has 0 amide bonds. The van der Waals surface area contributed by atoms with Crippen molar-refractivity contribution in [3.8, 4) is 0 Å². The number of hydrogen-bond donors (Lipinski definition) is 0. The van der Waals surface area contributed by atoms with Crippen LogP contribution >= 0.6 is 0 Å². The molecule has 4 rings (SSSR count). The third-order valence-corrected chi connectivity index (χ3v) is 4.23. The van der Waals surface area contributed by atoms with Gasteiger partial charge in [0, 0.05) is 5.92 Å². The molecule has 0 heterocycles. The van der Waals surface area contributed by atoms with E-state index in [1.165, 1.54) is 27.9 Å². The normalized spacial score (nSPS) is 35.0. The summed E-state index contributed by atoms with van der Waals surface area (Å²) in [6.07, 6.45) is 29.6. The van der Waals surface area contributed by atoms with Crippen molar-refractivity contribution in [2.75, 3.05) is 0 Å². The predicted molar refractivity (Wildman–Crippen MR) is 85.1 cm³/mol. The summed E-state index contributed by atoms with van der Waals surface area (Å²) in [4.78, 5) is 0. The Labute approximate surface area is 119 Å². The second-order valence-corrected chi connectivity index (χ2v) is 5.36. The molecule has 0 aromatic rings. The fourth-order valence-electron chi connectivity index (χ4n) is 3.39. The molecule has 20 heavy (non-hydrogen) atoms. The highest BCUT2D eigenvalue weighted by atomic mass is 14.4. The number of hydrogen-bond acceptors (Lipinski definition) is 0. The fourth-order valence-corrected chi connectivity index (χ4v) is 3.39. The van der Waals surface area contributed by atoms with Gasteiger partial charge in [-0.1, -0.05) is 79.0 Å². The summed E-state index contributed by atoms with van der Waals surface area (Å²) in [6.45, 7) is 0. The molecule has 0 fully saturated rings. The average Bonchev–Trinajstić information content (AvgIpc) is 2.68.